The van der Waals surface area contributed by atoms with E-state index in [1.165, 1.54) is 5.56 Å². The van der Waals surface area contributed by atoms with E-state index in [2.05, 4.69) is 16.4 Å². The number of carbonyl (C=O) groups excluding carboxylic acids is 2. The van der Waals surface area contributed by atoms with Crippen molar-refractivity contribution in [3.8, 4) is 6.07 Å². The molecule has 4 rings (SSSR count). The first-order valence-electron chi connectivity index (χ1n) is 9.18. The van der Waals surface area contributed by atoms with Gasteiger partial charge < -0.3 is 14.8 Å². The minimum absolute atomic E-state index is 0.0507. The molecule has 6 nitrogen and oxygen atoms in total. The Kier molecular flexibility index (Phi) is 4.52. The molecule has 0 radical (unpaired) electrons. The van der Waals surface area contributed by atoms with Crippen LogP contribution in [0.25, 0.3) is 0 Å². The predicted molar refractivity (Wildman–Crippen MR) is 102 cm³/mol. The highest BCUT2D eigenvalue weighted by Gasteiger charge is 2.58. The highest BCUT2D eigenvalue weighted by molar-refractivity contribution is 7.07. The van der Waals surface area contributed by atoms with Gasteiger partial charge in [-0.2, -0.15) is 16.6 Å². The van der Waals surface area contributed by atoms with E-state index < -0.39 is 0 Å². The number of likely N-dealkylation sites (tertiary alicyclic amines) is 1. The fourth-order valence-electron chi connectivity index (χ4n) is 4.23. The first-order valence-corrected chi connectivity index (χ1v) is 10.1. The maximum Gasteiger partial charge on any atom is 0.270 e. The summed E-state index contributed by atoms with van der Waals surface area (Å²) in [4.78, 5) is 31.6. The quantitative estimate of drug-likeness (QED) is 0.883. The Hall–Kier alpha value is -2.59. The summed E-state index contributed by atoms with van der Waals surface area (Å²) < 4.78 is 0. The third-order valence-electron chi connectivity index (χ3n) is 5.95. The van der Waals surface area contributed by atoms with E-state index in [-0.39, 0.29) is 23.3 Å². The van der Waals surface area contributed by atoms with Gasteiger partial charge >= 0.3 is 0 Å². The van der Waals surface area contributed by atoms with Crippen LogP contribution in [-0.4, -0.2) is 45.7 Å². The number of hydrogen-bond donors (Lipinski definition) is 1. The zero-order valence-electron chi connectivity index (χ0n) is 15.3. The molecule has 2 fully saturated rings. The topological polar surface area (TPSA) is 80.2 Å². The minimum Gasteiger partial charge on any atom is -0.356 e. The molecule has 2 aromatic heterocycles. The summed E-state index contributed by atoms with van der Waals surface area (Å²) >= 11 is 1.65. The molecule has 1 aliphatic carbocycles. The van der Waals surface area contributed by atoms with Crippen molar-refractivity contribution in [1.29, 1.82) is 5.26 Å². The average Bonchev–Trinajstić information content (AvgIpc) is 3.08. The minimum atomic E-state index is -0.0507. The molecule has 0 bridgehead atoms. The van der Waals surface area contributed by atoms with Crippen LogP contribution < -0.4 is 0 Å². The van der Waals surface area contributed by atoms with Gasteiger partial charge in [0.2, 0.25) is 5.91 Å². The number of carbonyl (C=O) groups is 2. The van der Waals surface area contributed by atoms with E-state index in [1.54, 1.807) is 30.5 Å². The Morgan fingerprint density at radius 2 is 2.22 bits per heavy atom. The predicted octanol–water partition coefficient (Wildman–Crippen LogP) is 2.99. The number of aromatic nitrogens is 1. The first kappa shape index (κ1) is 17.8. The van der Waals surface area contributed by atoms with Crippen molar-refractivity contribution < 1.29 is 9.59 Å². The van der Waals surface area contributed by atoms with Crippen LogP contribution in [0.3, 0.4) is 0 Å². The number of thiophene rings is 1. The molecule has 3 heterocycles. The zero-order valence-corrected chi connectivity index (χ0v) is 16.1. The Morgan fingerprint density at radius 1 is 1.44 bits per heavy atom. The molecular formula is C20H22N4O2S. The van der Waals surface area contributed by atoms with Crippen molar-refractivity contribution in [3.05, 3.63) is 45.9 Å². The van der Waals surface area contributed by atoms with Gasteiger partial charge in [-0.1, -0.05) is 0 Å². The van der Waals surface area contributed by atoms with E-state index in [4.69, 9.17) is 5.26 Å². The molecular weight excluding hydrogens is 360 g/mol. The number of nitriles is 1. The fourth-order valence-corrected chi connectivity index (χ4v) is 4.89. The summed E-state index contributed by atoms with van der Waals surface area (Å²) in [5, 5.41) is 13.0. The van der Waals surface area contributed by atoms with Gasteiger partial charge in [0.25, 0.3) is 5.91 Å². The number of hydrogen-bond acceptors (Lipinski definition) is 4. The molecule has 140 valence electrons. The summed E-state index contributed by atoms with van der Waals surface area (Å²) in [6.07, 6.45) is 4.43. The molecule has 1 spiro atoms. The van der Waals surface area contributed by atoms with Crippen molar-refractivity contribution in [2.24, 2.45) is 5.41 Å². The Bertz CT molecular complexity index is 887. The van der Waals surface area contributed by atoms with Crippen LogP contribution in [0.1, 0.15) is 47.8 Å². The van der Waals surface area contributed by atoms with Crippen LogP contribution >= 0.6 is 11.3 Å². The van der Waals surface area contributed by atoms with E-state index in [0.29, 0.717) is 30.9 Å². The van der Waals surface area contributed by atoms with E-state index in [0.717, 1.165) is 19.3 Å². The number of H-pyrrole nitrogens is 1. The van der Waals surface area contributed by atoms with Gasteiger partial charge in [0.1, 0.15) is 11.8 Å². The second kappa shape index (κ2) is 6.86. The highest BCUT2D eigenvalue weighted by atomic mass is 32.1. The van der Waals surface area contributed by atoms with Gasteiger partial charge in [-0.05, 0) is 53.1 Å². The molecule has 2 aliphatic rings. The summed E-state index contributed by atoms with van der Waals surface area (Å²) in [5.41, 5.74) is 2.29. The van der Waals surface area contributed by atoms with Gasteiger partial charge in [-0.3, -0.25) is 9.59 Å². The van der Waals surface area contributed by atoms with Crippen molar-refractivity contribution >= 4 is 23.2 Å². The molecule has 0 unspecified atom stereocenters. The lowest BCUT2D eigenvalue weighted by Crippen LogP contribution is -2.42. The molecule has 7 heteroatoms. The fraction of sp³-hybridized carbons (Fsp3) is 0.450. The summed E-state index contributed by atoms with van der Waals surface area (Å²) in [6.45, 7) is 3.71. The SMILES string of the molecule is CC(=O)N(Cc1ccsc1)[C@@H]1CC12CCN(C(=O)c1cc(C#N)c[nH]1)CC2. The molecule has 2 amide bonds. The van der Waals surface area contributed by atoms with Crippen molar-refractivity contribution in [1.82, 2.24) is 14.8 Å². The molecule has 0 aromatic carbocycles. The molecule has 27 heavy (non-hydrogen) atoms. The lowest BCUT2D eigenvalue weighted by molar-refractivity contribution is -0.130. The second-order valence-electron chi connectivity index (χ2n) is 7.57. The van der Waals surface area contributed by atoms with Gasteiger partial charge in [-0.15, -0.1) is 0 Å². The average molecular weight is 382 g/mol. The van der Waals surface area contributed by atoms with Crippen LogP contribution in [-0.2, 0) is 11.3 Å². The Balaban J connectivity index is 1.38. The van der Waals surface area contributed by atoms with Crippen LogP contribution in [0.4, 0.5) is 0 Å². The molecule has 2 aromatic rings. The Morgan fingerprint density at radius 3 is 2.81 bits per heavy atom. The zero-order chi connectivity index (χ0) is 19.0. The normalized spacial score (nSPS) is 20.3. The molecule has 1 atom stereocenters. The van der Waals surface area contributed by atoms with Gasteiger partial charge in [0.05, 0.1) is 5.56 Å². The van der Waals surface area contributed by atoms with Gasteiger partial charge in [0, 0.05) is 38.8 Å². The van der Waals surface area contributed by atoms with Crippen molar-refractivity contribution in [2.45, 2.75) is 38.8 Å². The second-order valence-corrected chi connectivity index (χ2v) is 8.35. The molecule has 1 aliphatic heterocycles. The number of rotatable bonds is 4. The first-order chi connectivity index (χ1) is 13.0. The van der Waals surface area contributed by atoms with Crippen molar-refractivity contribution in [3.63, 3.8) is 0 Å². The summed E-state index contributed by atoms with van der Waals surface area (Å²) in [6, 6.07) is 5.99. The molecule has 1 N–H and O–H groups in total. The largest absolute Gasteiger partial charge is 0.356 e. The van der Waals surface area contributed by atoms with Crippen LogP contribution in [0.15, 0.2) is 29.1 Å². The Labute approximate surface area is 162 Å². The van der Waals surface area contributed by atoms with E-state index in [1.807, 2.05) is 21.2 Å². The number of aromatic amines is 1. The summed E-state index contributed by atoms with van der Waals surface area (Å²) in [5.74, 6) is 0.0715. The van der Waals surface area contributed by atoms with Crippen molar-refractivity contribution in [2.75, 3.05) is 13.1 Å². The monoisotopic (exact) mass is 382 g/mol. The maximum atomic E-state index is 12.6. The van der Waals surface area contributed by atoms with Crippen LogP contribution in [0.2, 0.25) is 0 Å². The highest BCUT2D eigenvalue weighted by Crippen LogP contribution is 2.57. The maximum absolute atomic E-state index is 12.6. The molecule has 1 saturated heterocycles. The van der Waals surface area contributed by atoms with Crippen LogP contribution in [0, 0.1) is 16.7 Å². The number of amides is 2. The van der Waals surface area contributed by atoms with Gasteiger partial charge in [0.15, 0.2) is 0 Å². The van der Waals surface area contributed by atoms with Gasteiger partial charge in [-0.25, -0.2) is 0 Å². The number of nitrogens with zero attached hydrogens (tertiary/aromatic N) is 3. The van der Waals surface area contributed by atoms with E-state index >= 15 is 0 Å². The third kappa shape index (κ3) is 3.37. The number of piperidine rings is 1. The standard InChI is InChI=1S/C20H22N4O2S/c1-14(25)24(12-15-2-7-27-13-15)18-9-20(18)3-5-23(6-4-20)19(26)17-8-16(10-21)11-22-17/h2,7-8,11,13,18,22H,3-6,9,12H2,1H3/t18-/m1/s1. The lowest BCUT2D eigenvalue weighted by atomic mass is 9.92. The third-order valence-corrected chi connectivity index (χ3v) is 6.68. The number of nitrogens with one attached hydrogen (secondary N) is 1. The molecule has 1 saturated carbocycles. The summed E-state index contributed by atoms with van der Waals surface area (Å²) in [7, 11) is 0. The van der Waals surface area contributed by atoms with E-state index in [9.17, 15) is 9.59 Å². The smallest absolute Gasteiger partial charge is 0.270 e. The van der Waals surface area contributed by atoms with Crippen LogP contribution in [0.5, 0.6) is 0 Å². The lowest BCUT2D eigenvalue weighted by Gasteiger charge is -2.34.